The van der Waals surface area contributed by atoms with Crippen molar-refractivity contribution >= 4 is 44.7 Å². The molecule has 10 heteroatoms. The van der Waals surface area contributed by atoms with Crippen LogP contribution in [0.3, 0.4) is 0 Å². The van der Waals surface area contributed by atoms with Crippen LogP contribution in [0.25, 0.3) is 10.1 Å². The molecule has 7 nitrogen and oxygen atoms in total. The van der Waals surface area contributed by atoms with Crippen molar-refractivity contribution in [2.24, 2.45) is 0 Å². The first kappa shape index (κ1) is 23.9. The summed E-state index contributed by atoms with van der Waals surface area (Å²) in [7, 11) is 1.74. The molecule has 0 spiro atoms. The predicted molar refractivity (Wildman–Crippen MR) is 136 cm³/mol. The Hall–Kier alpha value is -2.85. The van der Waals surface area contributed by atoms with Crippen LogP contribution in [0.2, 0.25) is 0 Å². The quantitative estimate of drug-likeness (QED) is 0.505. The van der Waals surface area contributed by atoms with Crippen molar-refractivity contribution in [3.05, 3.63) is 41.0 Å². The number of pyridine rings is 2. The summed E-state index contributed by atoms with van der Waals surface area (Å²) >= 11 is 1.34. The number of alkyl halides is 2. The molecule has 1 aliphatic carbocycles. The zero-order chi connectivity index (χ0) is 24.6. The molecule has 1 amide bonds. The zero-order valence-corrected chi connectivity index (χ0v) is 20.8. The number of carbonyl (C=O) groups excluding carboxylic acids is 1. The van der Waals surface area contributed by atoms with E-state index in [1.165, 1.54) is 11.3 Å². The van der Waals surface area contributed by atoms with Gasteiger partial charge in [-0.25, -0.2) is 18.7 Å². The van der Waals surface area contributed by atoms with E-state index in [1.54, 1.807) is 18.1 Å². The van der Waals surface area contributed by atoms with Crippen molar-refractivity contribution in [1.29, 1.82) is 0 Å². The van der Waals surface area contributed by atoms with Crippen LogP contribution in [0.5, 0.6) is 0 Å². The topological polar surface area (TPSA) is 73.4 Å². The van der Waals surface area contributed by atoms with E-state index in [9.17, 15) is 13.6 Å². The van der Waals surface area contributed by atoms with Gasteiger partial charge in [0.15, 0.2) is 0 Å². The third kappa shape index (κ3) is 4.95. The van der Waals surface area contributed by atoms with Gasteiger partial charge in [0.2, 0.25) is 5.92 Å². The number of anilines is 3. The van der Waals surface area contributed by atoms with Crippen LogP contribution in [-0.4, -0.2) is 66.5 Å². The average molecular weight is 501 g/mol. The van der Waals surface area contributed by atoms with E-state index in [-0.39, 0.29) is 24.7 Å². The number of aromatic nitrogens is 2. The highest BCUT2D eigenvalue weighted by Crippen LogP contribution is 2.49. The maximum atomic E-state index is 14.1. The largest absolute Gasteiger partial charge is 0.368 e. The van der Waals surface area contributed by atoms with E-state index in [0.717, 1.165) is 47.5 Å². The highest BCUT2D eigenvalue weighted by molar-refractivity contribution is 7.21. The highest BCUT2D eigenvalue weighted by Gasteiger charge is 2.42. The van der Waals surface area contributed by atoms with Crippen LogP contribution in [-0.2, 0) is 0 Å². The second kappa shape index (κ2) is 9.66. The molecule has 1 saturated carbocycles. The number of amides is 1. The molecule has 3 aromatic rings. The lowest BCUT2D eigenvalue weighted by Gasteiger charge is -2.29. The smallest absolute Gasteiger partial charge is 0.263 e. The predicted octanol–water partition coefficient (Wildman–Crippen LogP) is 4.84. The molecule has 0 aromatic carbocycles. The van der Waals surface area contributed by atoms with Crippen molar-refractivity contribution in [1.82, 2.24) is 20.2 Å². The first-order valence-electron chi connectivity index (χ1n) is 12.1. The van der Waals surface area contributed by atoms with Gasteiger partial charge in [-0.3, -0.25) is 4.79 Å². The molecule has 0 radical (unpaired) electrons. The van der Waals surface area contributed by atoms with Crippen LogP contribution >= 0.6 is 11.3 Å². The molecule has 2 aliphatic rings. The molecule has 1 atom stereocenters. The minimum absolute atomic E-state index is 0.126. The summed E-state index contributed by atoms with van der Waals surface area (Å²) in [6.07, 6.45) is 3.56. The highest BCUT2D eigenvalue weighted by atomic mass is 32.1. The molecule has 2 N–H and O–H groups in total. The molecule has 0 bridgehead atoms. The number of nitrogens with zero attached hydrogens (tertiary/aromatic N) is 4. The minimum Gasteiger partial charge on any atom is -0.368 e. The van der Waals surface area contributed by atoms with Gasteiger partial charge in [-0.2, -0.15) is 0 Å². The molecule has 35 heavy (non-hydrogen) atoms. The first-order chi connectivity index (χ1) is 16.8. The van der Waals surface area contributed by atoms with Crippen molar-refractivity contribution in [3.63, 3.8) is 0 Å². The maximum absolute atomic E-state index is 14.1. The van der Waals surface area contributed by atoms with Crippen LogP contribution in [0.4, 0.5) is 26.1 Å². The summed E-state index contributed by atoms with van der Waals surface area (Å²) in [6, 6.07) is 5.82. The fraction of sp³-hybridized carbons (Fsp3) is 0.480. The Morgan fingerprint density at radius 3 is 2.69 bits per heavy atom. The fourth-order valence-corrected chi connectivity index (χ4v) is 6.10. The Morgan fingerprint density at radius 1 is 1.26 bits per heavy atom. The molecule has 186 valence electrons. The first-order valence-corrected chi connectivity index (χ1v) is 12.9. The minimum atomic E-state index is -2.69. The van der Waals surface area contributed by atoms with Crippen LogP contribution in [0.15, 0.2) is 30.6 Å². The van der Waals surface area contributed by atoms with Crippen LogP contribution < -0.4 is 15.5 Å². The molecular formula is C25H30F2N6OS. The molecular weight excluding hydrogens is 470 g/mol. The SMILES string of the molecule is CCN(C)C(=O)c1sc2cnc(Nc3ccc(N4CCNCC4)cn3)cc2c1C1CCC(F)(F)C1. The summed E-state index contributed by atoms with van der Waals surface area (Å²) in [5.41, 5.74) is 1.81. The second-order valence-electron chi connectivity index (χ2n) is 9.29. The van der Waals surface area contributed by atoms with Gasteiger partial charge in [0.1, 0.15) is 11.6 Å². The molecule has 1 saturated heterocycles. The molecule has 1 aliphatic heterocycles. The van der Waals surface area contributed by atoms with E-state index >= 15 is 0 Å². The number of hydrogen-bond donors (Lipinski definition) is 2. The molecule has 2 fully saturated rings. The van der Waals surface area contributed by atoms with E-state index in [4.69, 9.17) is 0 Å². The molecule has 4 heterocycles. The Kier molecular flexibility index (Phi) is 6.59. The number of carbonyl (C=O) groups is 1. The average Bonchev–Trinajstić information content (AvgIpc) is 3.43. The van der Waals surface area contributed by atoms with E-state index < -0.39 is 5.92 Å². The zero-order valence-electron chi connectivity index (χ0n) is 20.0. The van der Waals surface area contributed by atoms with E-state index in [0.29, 0.717) is 29.5 Å². The number of rotatable bonds is 6. The standard InChI is InChI=1S/C25H30F2N6OS/c1-3-32(2)24(34)23-22(16-6-7-25(26,27)13-16)18-12-21(30-15-19(18)35-23)31-20-5-4-17(14-29-20)33-10-8-28-9-11-33/h4-5,12,14-16,28H,3,6-11,13H2,1-2H3,(H,29,30,31). The number of piperazine rings is 1. The fourth-order valence-electron chi connectivity index (χ4n) is 4.87. The van der Waals surface area contributed by atoms with Crippen molar-refractivity contribution in [2.45, 2.75) is 38.0 Å². The van der Waals surface area contributed by atoms with Gasteiger partial charge in [-0.15, -0.1) is 11.3 Å². The van der Waals surface area contributed by atoms with Crippen molar-refractivity contribution in [2.75, 3.05) is 50.0 Å². The number of fused-ring (bicyclic) bond motifs is 1. The normalized spacial score (nSPS) is 19.8. The summed E-state index contributed by atoms with van der Waals surface area (Å²) in [5, 5.41) is 7.40. The Balaban J connectivity index is 1.45. The lowest BCUT2D eigenvalue weighted by atomic mass is 9.94. The van der Waals surface area contributed by atoms with Gasteiger partial charge in [-0.05, 0) is 43.0 Å². The summed E-state index contributed by atoms with van der Waals surface area (Å²) in [6.45, 7) is 6.26. The van der Waals surface area contributed by atoms with E-state index in [2.05, 4.69) is 25.5 Å². The number of hydrogen-bond acceptors (Lipinski definition) is 7. The maximum Gasteiger partial charge on any atom is 0.263 e. The Labute approximate surface area is 207 Å². The number of nitrogens with one attached hydrogen (secondary N) is 2. The molecule has 5 rings (SSSR count). The van der Waals surface area contributed by atoms with Crippen molar-refractivity contribution in [3.8, 4) is 0 Å². The van der Waals surface area contributed by atoms with Gasteiger partial charge in [0, 0.05) is 64.2 Å². The van der Waals surface area contributed by atoms with Crippen LogP contribution in [0, 0.1) is 0 Å². The number of thiophene rings is 1. The van der Waals surface area contributed by atoms with Gasteiger partial charge >= 0.3 is 0 Å². The third-order valence-electron chi connectivity index (χ3n) is 6.93. The lowest BCUT2D eigenvalue weighted by Crippen LogP contribution is -2.43. The summed E-state index contributed by atoms with van der Waals surface area (Å²) in [5.74, 6) is -1.94. The third-order valence-corrected chi connectivity index (χ3v) is 8.07. The molecule has 1 unspecified atom stereocenters. The summed E-state index contributed by atoms with van der Waals surface area (Å²) in [4.78, 5) is 26.6. The van der Waals surface area contributed by atoms with Gasteiger partial charge < -0.3 is 20.4 Å². The Bertz CT molecular complexity index is 1210. The molecule has 3 aromatic heterocycles. The van der Waals surface area contributed by atoms with Crippen molar-refractivity contribution < 1.29 is 13.6 Å². The second-order valence-corrected chi connectivity index (χ2v) is 10.3. The van der Waals surface area contributed by atoms with Crippen LogP contribution in [0.1, 0.15) is 47.3 Å². The van der Waals surface area contributed by atoms with Gasteiger partial charge in [0.25, 0.3) is 5.91 Å². The van der Waals surface area contributed by atoms with Gasteiger partial charge in [-0.1, -0.05) is 0 Å². The Morgan fingerprint density at radius 2 is 2.03 bits per heavy atom. The van der Waals surface area contributed by atoms with E-state index in [1.807, 2.05) is 31.3 Å². The number of halogens is 2. The van der Waals surface area contributed by atoms with Gasteiger partial charge in [0.05, 0.1) is 21.5 Å². The lowest BCUT2D eigenvalue weighted by molar-refractivity contribution is 0.00776. The summed E-state index contributed by atoms with van der Waals surface area (Å²) < 4.78 is 29.1. The monoisotopic (exact) mass is 500 g/mol.